The van der Waals surface area contributed by atoms with Gasteiger partial charge >= 0.3 is 0 Å². The topological polar surface area (TPSA) is 58.1 Å². The lowest BCUT2D eigenvalue weighted by molar-refractivity contribution is 0.0186. The molecular formula is C17H31IN4O2S. The van der Waals surface area contributed by atoms with Gasteiger partial charge in [0.2, 0.25) is 0 Å². The number of methoxy groups -OCH3 is 1. The van der Waals surface area contributed by atoms with Gasteiger partial charge in [0.05, 0.1) is 25.8 Å². The van der Waals surface area contributed by atoms with Gasteiger partial charge in [-0.1, -0.05) is 6.07 Å². The van der Waals surface area contributed by atoms with E-state index in [1.807, 2.05) is 0 Å². The molecular weight excluding hydrogens is 451 g/mol. The molecule has 0 radical (unpaired) electrons. The molecule has 25 heavy (non-hydrogen) atoms. The van der Waals surface area contributed by atoms with Crippen LogP contribution in [0.5, 0.6) is 0 Å². The van der Waals surface area contributed by atoms with Crippen molar-refractivity contribution < 1.29 is 9.47 Å². The second-order valence-corrected chi connectivity index (χ2v) is 6.65. The first-order valence-corrected chi connectivity index (χ1v) is 9.59. The zero-order valence-corrected chi connectivity index (χ0v) is 18.3. The van der Waals surface area contributed by atoms with Crippen LogP contribution in [0.2, 0.25) is 0 Å². The highest BCUT2D eigenvalue weighted by molar-refractivity contribution is 14.0. The van der Waals surface area contributed by atoms with E-state index in [9.17, 15) is 0 Å². The van der Waals surface area contributed by atoms with Crippen LogP contribution < -0.4 is 10.6 Å². The van der Waals surface area contributed by atoms with Crippen molar-refractivity contribution in [3.8, 4) is 0 Å². The van der Waals surface area contributed by atoms with E-state index in [1.54, 1.807) is 18.4 Å². The van der Waals surface area contributed by atoms with E-state index in [0.29, 0.717) is 6.04 Å². The molecule has 1 atom stereocenters. The van der Waals surface area contributed by atoms with Gasteiger partial charge in [-0.15, -0.1) is 35.3 Å². The van der Waals surface area contributed by atoms with Gasteiger partial charge in [0.25, 0.3) is 0 Å². The molecule has 0 aliphatic carbocycles. The number of nitrogens with one attached hydrogen (secondary N) is 2. The lowest BCUT2D eigenvalue weighted by Gasteiger charge is -2.33. The SMILES string of the molecule is CCNC(=NCC(c1cccs1)N1CCOCC1)NCCCOC.I. The van der Waals surface area contributed by atoms with Crippen LogP contribution >= 0.6 is 35.3 Å². The van der Waals surface area contributed by atoms with Crippen molar-refractivity contribution in [1.29, 1.82) is 0 Å². The molecule has 144 valence electrons. The lowest BCUT2D eigenvalue weighted by atomic mass is 10.2. The first kappa shape index (κ1) is 22.6. The number of nitrogens with zero attached hydrogens (tertiary/aromatic N) is 2. The first-order chi connectivity index (χ1) is 11.8. The summed E-state index contributed by atoms with van der Waals surface area (Å²) in [6.45, 7) is 8.87. The third-order valence-electron chi connectivity index (χ3n) is 3.94. The zero-order valence-electron chi connectivity index (χ0n) is 15.2. The summed E-state index contributed by atoms with van der Waals surface area (Å²) in [6.07, 6.45) is 0.971. The average molecular weight is 482 g/mol. The Bertz CT molecular complexity index is 467. The van der Waals surface area contributed by atoms with Crippen LogP contribution in [-0.2, 0) is 9.47 Å². The summed E-state index contributed by atoms with van der Waals surface area (Å²) >= 11 is 1.81. The Kier molecular flexibility index (Phi) is 12.4. The standard InChI is InChI=1S/C17H30N4O2S.HI/c1-3-18-17(19-7-5-10-22-2)20-14-15(16-6-4-13-24-16)21-8-11-23-12-9-21;/h4,6,13,15H,3,5,7-12,14H2,1-2H3,(H2,18,19,20);1H. The quantitative estimate of drug-likeness (QED) is 0.245. The van der Waals surface area contributed by atoms with Gasteiger partial charge in [-0.25, -0.2) is 0 Å². The van der Waals surface area contributed by atoms with Gasteiger partial charge in [0, 0.05) is 44.8 Å². The van der Waals surface area contributed by atoms with Crippen LogP contribution in [0.1, 0.15) is 24.3 Å². The minimum Gasteiger partial charge on any atom is -0.385 e. The van der Waals surface area contributed by atoms with E-state index >= 15 is 0 Å². The third-order valence-corrected chi connectivity index (χ3v) is 4.92. The molecule has 0 saturated carbocycles. The minimum atomic E-state index is 0. The molecule has 1 aromatic rings. The maximum Gasteiger partial charge on any atom is 0.191 e. The molecule has 1 aromatic heterocycles. The molecule has 0 aromatic carbocycles. The fourth-order valence-electron chi connectivity index (χ4n) is 2.70. The Labute approximate surface area is 172 Å². The third kappa shape index (κ3) is 8.21. The van der Waals surface area contributed by atoms with Gasteiger partial charge < -0.3 is 20.1 Å². The van der Waals surface area contributed by atoms with Gasteiger partial charge in [-0.3, -0.25) is 9.89 Å². The van der Waals surface area contributed by atoms with Crippen LogP contribution in [0.3, 0.4) is 0 Å². The second-order valence-electron chi connectivity index (χ2n) is 5.67. The Hall–Kier alpha value is -0.420. The zero-order chi connectivity index (χ0) is 17.0. The van der Waals surface area contributed by atoms with Gasteiger partial charge in [0.15, 0.2) is 5.96 Å². The van der Waals surface area contributed by atoms with E-state index in [2.05, 4.69) is 40.0 Å². The smallest absolute Gasteiger partial charge is 0.191 e. The van der Waals surface area contributed by atoms with E-state index in [-0.39, 0.29) is 24.0 Å². The van der Waals surface area contributed by atoms with Gasteiger partial charge in [0.1, 0.15) is 0 Å². The molecule has 2 rings (SSSR count). The maximum absolute atomic E-state index is 5.50. The van der Waals surface area contributed by atoms with Crippen LogP contribution in [0.15, 0.2) is 22.5 Å². The Balaban J connectivity index is 0.00000312. The molecule has 8 heteroatoms. The minimum absolute atomic E-state index is 0. The monoisotopic (exact) mass is 482 g/mol. The highest BCUT2D eigenvalue weighted by Gasteiger charge is 2.23. The van der Waals surface area contributed by atoms with Crippen molar-refractivity contribution in [1.82, 2.24) is 15.5 Å². The summed E-state index contributed by atoms with van der Waals surface area (Å²) in [5, 5.41) is 8.84. The molecule has 2 heterocycles. The fraction of sp³-hybridized carbons (Fsp3) is 0.706. The number of guanidine groups is 1. The van der Waals surface area contributed by atoms with Crippen molar-refractivity contribution >= 4 is 41.3 Å². The van der Waals surface area contributed by atoms with Crippen LogP contribution in [-0.4, -0.2) is 70.5 Å². The molecule has 1 fully saturated rings. The Morgan fingerprint density at radius 2 is 2.20 bits per heavy atom. The van der Waals surface area contributed by atoms with Crippen molar-refractivity contribution in [2.75, 3.05) is 59.7 Å². The summed E-state index contributed by atoms with van der Waals surface area (Å²) in [5.41, 5.74) is 0. The van der Waals surface area contributed by atoms with E-state index < -0.39 is 0 Å². The average Bonchev–Trinajstić information content (AvgIpc) is 3.14. The van der Waals surface area contributed by atoms with Crippen molar-refractivity contribution in [2.45, 2.75) is 19.4 Å². The number of hydrogen-bond acceptors (Lipinski definition) is 5. The normalized spacial score (nSPS) is 17.0. The molecule has 0 bridgehead atoms. The second kappa shape index (κ2) is 13.7. The molecule has 1 unspecified atom stereocenters. The summed E-state index contributed by atoms with van der Waals surface area (Å²) in [7, 11) is 1.73. The fourth-order valence-corrected chi connectivity index (χ4v) is 3.55. The first-order valence-electron chi connectivity index (χ1n) is 8.71. The van der Waals surface area contributed by atoms with E-state index in [4.69, 9.17) is 14.5 Å². The van der Waals surface area contributed by atoms with Crippen molar-refractivity contribution in [3.63, 3.8) is 0 Å². The van der Waals surface area contributed by atoms with Crippen LogP contribution in [0, 0.1) is 0 Å². The van der Waals surface area contributed by atoms with Gasteiger partial charge in [-0.05, 0) is 24.8 Å². The summed E-state index contributed by atoms with van der Waals surface area (Å²) < 4.78 is 10.6. The largest absolute Gasteiger partial charge is 0.385 e. The summed E-state index contributed by atoms with van der Waals surface area (Å²) in [4.78, 5) is 8.67. The molecule has 6 nitrogen and oxygen atoms in total. The Morgan fingerprint density at radius 3 is 2.84 bits per heavy atom. The molecule has 0 spiro atoms. The van der Waals surface area contributed by atoms with Gasteiger partial charge in [-0.2, -0.15) is 0 Å². The van der Waals surface area contributed by atoms with Crippen molar-refractivity contribution in [3.05, 3.63) is 22.4 Å². The lowest BCUT2D eigenvalue weighted by Crippen LogP contribution is -2.41. The molecule has 2 N–H and O–H groups in total. The van der Waals surface area contributed by atoms with Crippen molar-refractivity contribution in [2.24, 2.45) is 4.99 Å². The summed E-state index contributed by atoms with van der Waals surface area (Å²) in [5.74, 6) is 0.878. The number of rotatable bonds is 9. The molecule has 1 aliphatic rings. The number of thiophene rings is 1. The van der Waals surface area contributed by atoms with E-state index in [1.165, 1.54) is 4.88 Å². The highest BCUT2D eigenvalue weighted by Crippen LogP contribution is 2.26. The molecule has 1 saturated heterocycles. The number of morpholine rings is 1. The molecule has 1 aliphatic heterocycles. The highest BCUT2D eigenvalue weighted by atomic mass is 127. The number of hydrogen-bond donors (Lipinski definition) is 2. The molecule has 0 amide bonds. The van der Waals surface area contributed by atoms with E-state index in [0.717, 1.165) is 64.9 Å². The van der Waals surface area contributed by atoms with Crippen LogP contribution in [0.4, 0.5) is 0 Å². The predicted octanol–water partition coefficient (Wildman–Crippen LogP) is 2.33. The predicted molar refractivity (Wildman–Crippen MR) is 115 cm³/mol. The number of aliphatic imine (C=N–C) groups is 1. The number of ether oxygens (including phenoxy) is 2. The van der Waals surface area contributed by atoms with Crippen LogP contribution in [0.25, 0.3) is 0 Å². The number of halogens is 1. The summed E-state index contributed by atoms with van der Waals surface area (Å²) in [6, 6.07) is 4.65. The maximum atomic E-state index is 5.50. The Morgan fingerprint density at radius 1 is 1.40 bits per heavy atom.